The van der Waals surface area contributed by atoms with Crippen LogP contribution in [-0.4, -0.2) is 16.7 Å². The minimum absolute atomic E-state index is 0.0300. The topological polar surface area (TPSA) is 46.5 Å². The molecule has 0 bridgehead atoms. The molecule has 0 spiro atoms. The normalized spacial score (nSPS) is 11.4. The van der Waals surface area contributed by atoms with Crippen molar-refractivity contribution >= 4 is 37.8 Å². The maximum absolute atomic E-state index is 12.0. The number of hydrogen-bond acceptors (Lipinski definition) is 3. The molecule has 0 unspecified atom stereocenters. The first-order valence-corrected chi connectivity index (χ1v) is 6.96. The minimum atomic E-state index is -0.557. The van der Waals surface area contributed by atoms with Gasteiger partial charge in [-0.05, 0) is 38.5 Å². The van der Waals surface area contributed by atoms with Crippen LogP contribution in [0, 0.1) is 0 Å². The number of phenols is 1. The Morgan fingerprint density at radius 1 is 1.41 bits per heavy atom. The summed E-state index contributed by atoms with van der Waals surface area (Å²) in [6.45, 7) is 5.41. The zero-order valence-electron chi connectivity index (χ0n) is 9.88. The van der Waals surface area contributed by atoms with Crippen molar-refractivity contribution in [1.82, 2.24) is 0 Å². The molecule has 0 saturated heterocycles. The summed E-state index contributed by atoms with van der Waals surface area (Å²) < 4.78 is 5.96. The van der Waals surface area contributed by atoms with Gasteiger partial charge in [-0.2, -0.15) is 0 Å². The maximum Gasteiger partial charge on any atom is 0.339 e. The summed E-state index contributed by atoms with van der Waals surface area (Å²) >= 11 is 6.62. The molecular formula is C12H14Br2O3. The van der Waals surface area contributed by atoms with E-state index in [4.69, 9.17) is 4.74 Å². The molecule has 1 aromatic rings. The van der Waals surface area contributed by atoms with Gasteiger partial charge in [0.2, 0.25) is 0 Å². The number of carbonyl (C=O) groups excluding carboxylic acids is 1. The highest BCUT2D eigenvalue weighted by Gasteiger charge is 2.21. The molecule has 0 fully saturated rings. The first-order chi connectivity index (χ1) is 7.74. The summed E-state index contributed by atoms with van der Waals surface area (Å²) in [5.41, 5.74) is 0.569. The Hall–Kier alpha value is -0.550. The third-order valence-electron chi connectivity index (χ3n) is 1.93. The number of phenolic OH excluding ortho intramolecular Hbond substituents is 1. The van der Waals surface area contributed by atoms with Crippen molar-refractivity contribution in [2.24, 2.45) is 0 Å². The second kappa shape index (κ2) is 5.40. The molecular weight excluding hydrogens is 352 g/mol. The fourth-order valence-corrected chi connectivity index (χ4v) is 2.84. The van der Waals surface area contributed by atoms with E-state index in [1.807, 2.05) is 0 Å². The first-order valence-electron chi connectivity index (χ1n) is 5.05. The van der Waals surface area contributed by atoms with Crippen molar-refractivity contribution in [2.45, 2.75) is 31.7 Å². The molecule has 0 heterocycles. The molecule has 1 aromatic carbocycles. The Labute approximate surface area is 117 Å². The number of aromatic hydroxyl groups is 1. The molecule has 0 aromatic heterocycles. The van der Waals surface area contributed by atoms with Gasteiger partial charge in [-0.3, -0.25) is 0 Å². The van der Waals surface area contributed by atoms with E-state index < -0.39 is 11.6 Å². The third kappa shape index (κ3) is 4.00. The van der Waals surface area contributed by atoms with Gasteiger partial charge >= 0.3 is 5.97 Å². The molecule has 94 valence electrons. The van der Waals surface area contributed by atoms with Gasteiger partial charge in [0.25, 0.3) is 0 Å². The highest BCUT2D eigenvalue weighted by atomic mass is 79.9. The van der Waals surface area contributed by atoms with Gasteiger partial charge in [0.15, 0.2) is 0 Å². The molecule has 3 nitrogen and oxygen atoms in total. The van der Waals surface area contributed by atoms with Crippen molar-refractivity contribution in [3.8, 4) is 5.75 Å². The van der Waals surface area contributed by atoms with Crippen LogP contribution in [0.1, 0.15) is 36.7 Å². The van der Waals surface area contributed by atoms with Crippen molar-refractivity contribution in [3.05, 3.63) is 27.7 Å². The van der Waals surface area contributed by atoms with Crippen LogP contribution < -0.4 is 0 Å². The standard InChI is InChI=1S/C12H14Br2O3/c1-12(2,3)17-11(16)8-4-7(15)5-10(14)9(8)6-13/h4-5,15H,6H2,1-3H3. The summed E-state index contributed by atoms with van der Waals surface area (Å²) in [5.74, 6) is -0.411. The number of benzene rings is 1. The Kier molecular flexibility index (Phi) is 4.61. The summed E-state index contributed by atoms with van der Waals surface area (Å²) in [4.78, 5) is 12.0. The summed E-state index contributed by atoms with van der Waals surface area (Å²) in [6.07, 6.45) is 0. The zero-order valence-corrected chi connectivity index (χ0v) is 13.1. The first kappa shape index (κ1) is 14.5. The van der Waals surface area contributed by atoms with Crippen LogP contribution in [0.15, 0.2) is 16.6 Å². The quantitative estimate of drug-likeness (QED) is 0.636. The number of carbonyl (C=O) groups is 1. The fraction of sp³-hybridized carbons (Fsp3) is 0.417. The lowest BCUT2D eigenvalue weighted by Gasteiger charge is -2.20. The lowest BCUT2D eigenvalue weighted by molar-refractivity contribution is 0.00682. The lowest BCUT2D eigenvalue weighted by Crippen LogP contribution is -2.24. The van der Waals surface area contributed by atoms with E-state index in [1.165, 1.54) is 6.07 Å². The molecule has 0 radical (unpaired) electrons. The Morgan fingerprint density at radius 2 is 2.00 bits per heavy atom. The van der Waals surface area contributed by atoms with Gasteiger partial charge in [-0.1, -0.05) is 31.9 Å². The van der Waals surface area contributed by atoms with E-state index in [0.717, 1.165) is 5.56 Å². The van der Waals surface area contributed by atoms with E-state index in [-0.39, 0.29) is 5.75 Å². The van der Waals surface area contributed by atoms with Gasteiger partial charge < -0.3 is 9.84 Å². The largest absolute Gasteiger partial charge is 0.508 e. The molecule has 5 heteroatoms. The zero-order chi connectivity index (χ0) is 13.2. The average Bonchev–Trinajstić information content (AvgIpc) is 2.13. The second-order valence-corrected chi connectivity index (χ2v) is 6.00. The summed E-state index contributed by atoms with van der Waals surface area (Å²) in [5, 5.41) is 10.0. The molecule has 0 amide bonds. The van der Waals surface area contributed by atoms with E-state index in [9.17, 15) is 9.90 Å². The van der Waals surface area contributed by atoms with Crippen LogP contribution in [0.25, 0.3) is 0 Å². The van der Waals surface area contributed by atoms with Crippen LogP contribution in [0.2, 0.25) is 0 Å². The van der Waals surface area contributed by atoms with Crippen molar-refractivity contribution in [1.29, 1.82) is 0 Å². The third-order valence-corrected chi connectivity index (χ3v) is 3.20. The van der Waals surface area contributed by atoms with Gasteiger partial charge in [0.1, 0.15) is 11.4 Å². The highest BCUT2D eigenvalue weighted by Crippen LogP contribution is 2.29. The van der Waals surface area contributed by atoms with E-state index in [1.54, 1.807) is 26.8 Å². The maximum atomic E-state index is 12.0. The number of halogens is 2. The van der Waals surface area contributed by atoms with Crippen molar-refractivity contribution in [3.63, 3.8) is 0 Å². The van der Waals surface area contributed by atoms with Crippen molar-refractivity contribution in [2.75, 3.05) is 0 Å². The minimum Gasteiger partial charge on any atom is -0.508 e. The second-order valence-electron chi connectivity index (χ2n) is 4.59. The van der Waals surface area contributed by atoms with Crippen LogP contribution in [0.5, 0.6) is 5.75 Å². The number of hydrogen-bond donors (Lipinski definition) is 1. The monoisotopic (exact) mass is 364 g/mol. The van der Waals surface area contributed by atoms with E-state index in [2.05, 4.69) is 31.9 Å². The number of alkyl halides is 1. The van der Waals surface area contributed by atoms with Crippen LogP contribution in [-0.2, 0) is 10.1 Å². The molecule has 0 aliphatic carbocycles. The fourth-order valence-electron chi connectivity index (χ4n) is 1.27. The van der Waals surface area contributed by atoms with Gasteiger partial charge in [-0.15, -0.1) is 0 Å². The van der Waals surface area contributed by atoms with Gasteiger partial charge in [0, 0.05) is 9.80 Å². The molecule has 1 N–H and O–H groups in total. The predicted octanol–water partition coefficient (Wildman–Crippen LogP) is 4.00. The molecule has 0 aliphatic heterocycles. The van der Waals surface area contributed by atoms with Crippen LogP contribution in [0.3, 0.4) is 0 Å². The number of esters is 1. The Morgan fingerprint density at radius 3 is 2.47 bits per heavy atom. The van der Waals surface area contributed by atoms with Gasteiger partial charge in [0.05, 0.1) is 5.56 Å². The highest BCUT2D eigenvalue weighted by molar-refractivity contribution is 9.10. The van der Waals surface area contributed by atoms with Crippen LogP contribution in [0.4, 0.5) is 0 Å². The molecule has 0 atom stereocenters. The lowest BCUT2D eigenvalue weighted by atomic mass is 10.1. The average molecular weight is 366 g/mol. The predicted molar refractivity (Wildman–Crippen MR) is 73.6 cm³/mol. The van der Waals surface area contributed by atoms with E-state index in [0.29, 0.717) is 15.4 Å². The van der Waals surface area contributed by atoms with Gasteiger partial charge in [-0.25, -0.2) is 4.79 Å². The number of rotatable bonds is 2. The SMILES string of the molecule is CC(C)(C)OC(=O)c1cc(O)cc(Br)c1CBr. The van der Waals surface area contributed by atoms with E-state index >= 15 is 0 Å². The number of ether oxygens (including phenoxy) is 1. The smallest absolute Gasteiger partial charge is 0.339 e. The molecule has 1 rings (SSSR count). The molecule has 17 heavy (non-hydrogen) atoms. The van der Waals surface area contributed by atoms with Crippen LogP contribution >= 0.6 is 31.9 Å². The summed E-state index contributed by atoms with van der Waals surface area (Å²) in [6, 6.07) is 2.96. The molecule has 0 saturated carbocycles. The molecule has 0 aliphatic rings. The summed E-state index contributed by atoms with van der Waals surface area (Å²) in [7, 11) is 0. The Balaban J connectivity index is 3.16. The Bertz CT molecular complexity index is 436. The van der Waals surface area contributed by atoms with Crippen molar-refractivity contribution < 1.29 is 14.6 Å².